The molecule has 0 radical (unpaired) electrons. The normalized spacial score (nSPS) is 11.6. The summed E-state index contributed by atoms with van der Waals surface area (Å²) in [5.41, 5.74) is 3.56. The highest BCUT2D eigenvalue weighted by Crippen LogP contribution is 2.27. The average Bonchev–Trinajstić information content (AvgIpc) is 2.83. The molecular formula is C28H30Cl2N2O2. The summed E-state index contributed by atoms with van der Waals surface area (Å²) >= 11 is 12.9. The molecule has 2 amide bonds. The predicted molar refractivity (Wildman–Crippen MR) is 139 cm³/mol. The van der Waals surface area contributed by atoms with Crippen molar-refractivity contribution in [1.29, 1.82) is 0 Å². The molecule has 0 bridgehead atoms. The summed E-state index contributed by atoms with van der Waals surface area (Å²) < 4.78 is 0. The van der Waals surface area contributed by atoms with E-state index in [9.17, 15) is 9.59 Å². The lowest BCUT2D eigenvalue weighted by molar-refractivity contribution is -0.140. The Balaban J connectivity index is 2.01. The van der Waals surface area contributed by atoms with Crippen LogP contribution in [0.25, 0.3) is 0 Å². The number of nitrogens with zero attached hydrogens (tertiary/aromatic N) is 1. The van der Waals surface area contributed by atoms with Crippen molar-refractivity contribution in [3.8, 4) is 0 Å². The van der Waals surface area contributed by atoms with Crippen LogP contribution in [0.15, 0.2) is 72.8 Å². The van der Waals surface area contributed by atoms with E-state index in [1.165, 1.54) is 0 Å². The van der Waals surface area contributed by atoms with Crippen molar-refractivity contribution in [2.75, 3.05) is 6.54 Å². The molecule has 0 heterocycles. The van der Waals surface area contributed by atoms with Gasteiger partial charge in [-0.3, -0.25) is 9.59 Å². The van der Waals surface area contributed by atoms with Gasteiger partial charge in [-0.05, 0) is 42.2 Å². The Bertz CT molecular complexity index is 1100. The van der Waals surface area contributed by atoms with Gasteiger partial charge in [-0.1, -0.05) is 90.8 Å². The first-order chi connectivity index (χ1) is 16.4. The largest absolute Gasteiger partial charge is 0.354 e. The van der Waals surface area contributed by atoms with Crippen LogP contribution >= 0.6 is 23.2 Å². The zero-order valence-electron chi connectivity index (χ0n) is 19.6. The quantitative estimate of drug-likeness (QED) is 0.373. The van der Waals surface area contributed by atoms with Crippen molar-refractivity contribution in [3.05, 3.63) is 105 Å². The number of rotatable bonds is 10. The molecule has 6 heteroatoms. The van der Waals surface area contributed by atoms with E-state index in [0.717, 1.165) is 23.1 Å². The molecule has 0 saturated heterocycles. The van der Waals surface area contributed by atoms with Gasteiger partial charge in [-0.15, -0.1) is 0 Å². The molecule has 0 aromatic heterocycles. The number of nitrogens with one attached hydrogen (secondary N) is 1. The Kier molecular flexibility index (Phi) is 9.55. The first-order valence-electron chi connectivity index (χ1n) is 11.5. The SMILES string of the molecule is CCCNC(=O)[C@@H](Cc1ccccc1)N(Cc1c(Cl)cccc1Cl)C(=O)Cc1ccccc1C. The maximum Gasteiger partial charge on any atom is 0.243 e. The Labute approximate surface area is 211 Å². The lowest BCUT2D eigenvalue weighted by atomic mass is 10.00. The number of benzene rings is 3. The maximum absolute atomic E-state index is 13.8. The van der Waals surface area contributed by atoms with E-state index in [0.29, 0.717) is 28.6 Å². The first-order valence-corrected chi connectivity index (χ1v) is 12.2. The summed E-state index contributed by atoms with van der Waals surface area (Å²) in [6.07, 6.45) is 1.37. The summed E-state index contributed by atoms with van der Waals surface area (Å²) in [4.78, 5) is 28.7. The fraction of sp³-hybridized carbons (Fsp3) is 0.286. The second-order valence-corrected chi connectivity index (χ2v) is 9.14. The van der Waals surface area contributed by atoms with Crippen molar-refractivity contribution in [1.82, 2.24) is 10.2 Å². The molecule has 3 rings (SSSR count). The van der Waals surface area contributed by atoms with Crippen LogP contribution in [0, 0.1) is 6.92 Å². The smallest absolute Gasteiger partial charge is 0.243 e. The molecule has 34 heavy (non-hydrogen) atoms. The summed E-state index contributed by atoms with van der Waals surface area (Å²) in [7, 11) is 0. The van der Waals surface area contributed by atoms with Gasteiger partial charge in [0, 0.05) is 35.1 Å². The Morgan fingerprint density at radius 2 is 1.56 bits per heavy atom. The van der Waals surface area contributed by atoms with Gasteiger partial charge in [-0.2, -0.15) is 0 Å². The lowest BCUT2D eigenvalue weighted by Gasteiger charge is -2.32. The molecular weight excluding hydrogens is 467 g/mol. The van der Waals surface area contributed by atoms with Gasteiger partial charge in [0.25, 0.3) is 0 Å². The standard InChI is InChI=1S/C28H30Cl2N2O2/c1-3-16-31-28(34)26(17-21-11-5-4-6-12-21)32(19-23-24(29)14-9-15-25(23)30)27(33)18-22-13-8-7-10-20(22)2/h4-15,26H,3,16-19H2,1-2H3,(H,31,34)/t26-/m1/s1. The second-order valence-electron chi connectivity index (χ2n) is 8.32. The predicted octanol–water partition coefficient (Wildman–Crippen LogP) is 6.01. The van der Waals surface area contributed by atoms with Crippen LogP contribution < -0.4 is 5.32 Å². The molecule has 0 fully saturated rings. The first kappa shape index (κ1) is 25.8. The van der Waals surface area contributed by atoms with Crippen LogP contribution in [0.3, 0.4) is 0 Å². The molecule has 0 aliphatic rings. The number of halogens is 2. The van der Waals surface area contributed by atoms with Crippen molar-refractivity contribution in [2.24, 2.45) is 0 Å². The molecule has 0 spiro atoms. The number of carbonyl (C=O) groups is 2. The van der Waals surface area contributed by atoms with E-state index >= 15 is 0 Å². The van der Waals surface area contributed by atoms with Crippen LogP contribution in [0.5, 0.6) is 0 Å². The highest BCUT2D eigenvalue weighted by molar-refractivity contribution is 6.36. The minimum absolute atomic E-state index is 0.139. The highest BCUT2D eigenvalue weighted by atomic mass is 35.5. The Morgan fingerprint density at radius 1 is 0.912 bits per heavy atom. The third kappa shape index (κ3) is 6.85. The van der Waals surface area contributed by atoms with Crippen molar-refractivity contribution in [2.45, 2.75) is 45.7 Å². The molecule has 178 valence electrons. The van der Waals surface area contributed by atoms with Crippen molar-refractivity contribution >= 4 is 35.0 Å². The third-order valence-electron chi connectivity index (χ3n) is 5.81. The molecule has 0 saturated carbocycles. The summed E-state index contributed by atoms with van der Waals surface area (Å²) in [6, 6.07) is 22.1. The van der Waals surface area contributed by atoms with Gasteiger partial charge in [0.2, 0.25) is 11.8 Å². The van der Waals surface area contributed by atoms with Crippen LogP contribution in [0.4, 0.5) is 0 Å². The summed E-state index contributed by atoms with van der Waals surface area (Å²) in [5, 5.41) is 3.91. The second kappa shape index (κ2) is 12.6. The van der Waals surface area contributed by atoms with Gasteiger partial charge in [0.15, 0.2) is 0 Å². The lowest BCUT2D eigenvalue weighted by Crippen LogP contribution is -2.51. The van der Waals surface area contributed by atoms with Gasteiger partial charge in [-0.25, -0.2) is 0 Å². The minimum atomic E-state index is -0.710. The Morgan fingerprint density at radius 3 is 2.21 bits per heavy atom. The van der Waals surface area contributed by atoms with Crippen LogP contribution in [-0.2, 0) is 29.0 Å². The maximum atomic E-state index is 13.8. The van der Waals surface area contributed by atoms with Gasteiger partial charge in [0.1, 0.15) is 6.04 Å². The van der Waals surface area contributed by atoms with Crippen LogP contribution in [0.2, 0.25) is 10.0 Å². The molecule has 0 unspecified atom stereocenters. The average molecular weight is 497 g/mol. The fourth-order valence-electron chi connectivity index (χ4n) is 3.85. The summed E-state index contributed by atoms with van der Waals surface area (Å²) in [6.45, 7) is 4.65. The number of amides is 2. The fourth-order valence-corrected chi connectivity index (χ4v) is 4.36. The molecule has 1 N–H and O–H groups in total. The third-order valence-corrected chi connectivity index (χ3v) is 6.52. The number of hydrogen-bond donors (Lipinski definition) is 1. The zero-order valence-corrected chi connectivity index (χ0v) is 21.1. The molecule has 0 aliphatic heterocycles. The van der Waals surface area contributed by atoms with Gasteiger partial charge >= 0.3 is 0 Å². The molecule has 1 atom stereocenters. The van der Waals surface area contributed by atoms with Crippen LogP contribution in [-0.4, -0.2) is 29.3 Å². The monoisotopic (exact) mass is 496 g/mol. The highest BCUT2D eigenvalue weighted by Gasteiger charge is 2.31. The number of aryl methyl sites for hydroxylation is 1. The van der Waals surface area contributed by atoms with E-state index in [2.05, 4.69) is 5.32 Å². The molecule has 3 aromatic rings. The minimum Gasteiger partial charge on any atom is -0.354 e. The molecule has 4 nitrogen and oxygen atoms in total. The topological polar surface area (TPSA) is 49.4 Å². The van der Waals surface area contributed by atoms with E-state index in [1.54, 1.807) is 23.1 Å². The van der Waals surface area contributed by atoms with E-state index in [1.807, 2.05) is 68.4 Å². The van der Waals surface area contributed by atoms with E-state index < -0.39 is 6.04 Å². The van der Waals surface area contributed by atoms with Crippen LogP contribution in [0.1, 0.15) is 35.6 Å². The van der Waals surface area contributed by atoms with E-state index in [4.69, 9.17) is 23.2 Å². The zero-order chi connectivity index (χ0) is 24.5. The summed E-state index contributed by atoms with van der Waals surface area (Å²) in [5.74, 6) is -0.343. The number of hydrogen-bond acceptors (Lipinski definition) is 2. The number of carbonyl (C=O) groups excluding carboxylic acids is 2. The molecule has 3 aromatic carbocycles. The van der Waals surface area contributed by atoms with Gasteiger partial charge < -0.3 is 10.2 Å². The van der Waals surface area contributed by atoms with Crippen molar-refractivity contribution < 1.29 is 9.59 Å². The Hall–Kier alpha value is -2.82. The van der Waals surface area contributed by atoms with Gasteiger partial charge in [0.05, 0.1) is 6.42 Å². The molecule has 0 aliphatic carbocycles. The van der Waals surface area contributed by atoms with Crippen molar-refractivity contribution in [3.63, 3.8) is 0 Å². The van der Waals surface area contributed by atoms with E-state index in [-0.39, 0.29) is 24.8 Å².